The van der Waals surface area contributed by atoms with Crippen molar-refractivity contribution in [1.82, 2.24) is 25.3 Å². The average molecular weight is 425 g/mol. The number of piperidine rings is 1. The fourth-order valence-electron chi connectivity index (χ4n) is 4.53. The van der Waals surface area contributed by atoms with E-state index in [0.717, 1.165) is 5.56 Å². The zero-order valence-corrected chi connectivity index (χ0v) is 17.9. The van der Waals surface area contributed by atoms with Crippen molar-refractivity contribution >= 4 is 17.7 Å². The van der Waals surface area contributed by atoms with E-state index in [0.29, 0.717) is 62.7 Å². The molecule has 9 nitrogen and oxygen atoms in total. The molecule has 31 heavy (non-hydrogen) atoms. The molecule has 3 heterocycles. The number of fused-ring (bicyclic) bond motifs is 1. The van der Waals surface area contributed by atoms with Crippen LogP contribution in [-0.4, -0.2) is 62.8 Å². The molecule has 164 valence electrons. The SMILES string of the molecule is CC(=O)N1CCC(CC(=O)NCCc2nc(C)no2)(N2Cc3ccccc3C2=O)CC1. The molecule has 1 aromatic heterocycles. The molecule has 3 amide bonds. The summed E-state index contributed by atoms with van der Waals surface area (Å²) >= 11 is 0. The van der Waals surface area contributed by atoms with Crippen LogP contribution in [0.2, 0.25) is 0 Å². The van der Waals surface area contributed by atoms with Gasteiger partial charge in [0, 0.05) is 45.1 Å². The number of nitrogens with zero attached hydrogens (tertiary/aromatic N) is 4. The average Bonchev–Trinajstić information content (AvgIpc) is 3.32. The first-order valence-electron chi connectivity index (χ1n) is 10.6. The molecule has 1 fully saturated rings. The fourth-order valence-corrected chi connectivity index (χ4v) is 4.53. The van der Waals surface area contributed by atoms with Crippen LogP contribution in [0.15, 0.2) is 28.8 Å². The number of rotatable bonds is 6. The van der Waals surface area contributed by atoms with Gasteiger partial charge < -0.3 is 19.6 Å². The Kier molecular flexibility index (Phi) is 5.75. The summed E-state index contributed by atoms with van der Waals surface area (Å²) in [4.78, 5) is 45.6. The highest BCUT2D eigenvalue weighted by Crippen LogP contribution is 2.38. The smallest absolute Gasteiger partial charge is 0.254 e. The Morgan fingerprint density at radius 1 is 1.23 bits per heavy atom. The Bertz CT molecular complexity index is 993. The van der Waals surface area contributed by atoms with Crippen LogP contribution in [0.4, 0.5) is 0 Å². The lowest BCUT2D eigenvalue weighted by Crippen LogP contribution is -2.58. The summed E-state index contributed by atoms with van der Waals surface area (Å²) in [5.74, 6) is 0.887. The van der Waals surface area contributed by atoms with E-state index in [9.17, 15) is 14.4 Å². The third-order valence-corrected chi connectivity index (χ3v) is 6.25. The van der Waals surface area contributed by atoms with E-state index in [-0.39, 0.29) is 24.1 Å². The number of carbonyl (C=O) groups excluding carboxylic acids is 3. The van der Waals surface area contributed by atoms with Gasteiger partial charge in [-0.1, -0.05) is 23.4 Å². The Hall–Kier alpha value is -3.23. The summed E-state index contributed by atoms with van der Waals surface area (Å²) in [5, 5.41) is 6.67. The molecule has 2 aromatic rings. The number of aromatic nitrogens is 2. The maximum Gasteiger partial charge on any atom is 0.254 e. The summed E-state index contributed by atoms with van der Waals surface area (Å²) in [6.07, 6.45) is 1.79. The predicted molar refractivity (Wildman–Crippen MR) is 111 cm³/mol. The Morgan fingerprint density at radius 3 is 2.61 bits per heavy atom. The van der Waals surface area contributed by atoms with E-state index in [4.69, 9.17) is 4.52 Å². The van der Waals surface area contributed by atoms with Gasteiger partial charge in [0.2, 0.25) is 17.7 Å². The van der Waals surface area contributed by atoms with Crippen LogP contribution in [0.3, 0.4) is 0 Å². The summed E-state index contributed by atoms with van der Waals surface area (Å²) < 4.78 is 5.08. The molecule has 0 saturated carbocycles. The maximum atomic E-state index is 13.2. The van der Waals surface area contributed by atoms with Crippen LogP contribution < -0.4 is 5.32 Å². The predicted octanol–water partition coefficient (Wildman–Crippen LogP) is 1.46. The van der Waals surface area contributed by atoms with Crippen molar-refractivity contribution in [2.24, 2.45) is 0 Å². The number of nitrogens with one attached hydrogen (secondary N) is 1. The molecular formula is C22H27N5O4. The fraction of sp³-hybridized carbons (Fsp3) is 0.500. The molecule has 2 aliphatic rings. The largest absolute Gasteiger partial charge is 0.356 e. The van der Waals surface area contributed by atoms with Crippen LogP contribution in [0, 0.1) is 6.92 Å². The molecule has 4 rings (SSSR count). The Morgan fingerprint density at radius 2 is 1.97 bits per heavy atom. The van der Waals surface area contributed by atoms with E-state index in [2.05, 4.69) is 15.5 Å². The van der Waals surface area contributed by atoms with E-state index < -0.39 is 5.54 Å². The minimum atomic E-state index is -0.618. The molecule has 0 unspecified atom stereocenters. The van der Waals surface area contributed by atoms with Crippen molar-refractivity contribution < 1.29 is 18.9 Å². The van der Waals surface area contributed by atoms with Gasteiger partial charge in [0.15, 0.2) is 5.82 Å². The number of benzene rings is 1. The number of carbonyl (C=O) groups is 3. The van der Waals surface area contributed by atoms with Gasteiger partial charge in [-0.3, -0.25) is 14.4 Å². The van der Waals surface area contributed by atoms with Crippen molar-refractivity contribution in [3.05, 3.63) is 47.1 Å². The molecule has 0 radical (unpaired) electrons. The lowest BCUT2D eigenvalue weighted by molar-refractivity contribution is -0.132. The van der Waals surface area contributed by atoms with Crippen molar-refractivity contribution in [2.45, 2.75) is 51.6 Å². The minimum absolute atomic E-state index is 0.0175. The molecule has 9 heteroatoms. The van der Waals surface area contributed by atoms with Gasteiger partial charge in [-0.2, -0.15) is 4.98 Å². The second-order valence-corrected chi connectivity index (χ2v) is 8.29. The van der Waals surface area contributed by atoms with Gasteiger partial charge in [0.25, 0.3) is 5.91 Å². The number of amides is 3. The lowest BCUT2D eigenvalue weighted by atomic mass is 9.82. The van der Waals surface area contributed by atoms with Crippen LogP contribution in [0.1, 0.15) is 53.8 Å². The minimum Gasteiger partial charge on any atom is -0.356 e. The zero-order valence-electron chi connectivity index (χ0n) is 17.9. The van der Waals surface area contributed by atoms with Crippen molar-refractivity contribution in [1.29, 1.82) is 0 Å². The monoisotopic (exact) mass is 425 g/mol. The van der Waals surface area contributed by atoms with E-state index in [1.807, 2.05) is 29.2 Å². The van der Waals surface area contributed by atoms with Crippen LogP contribution in [0.25, 0.3) is 0 Å². The molecule has 0 atom stereocenters. The Balaban J connectivity index is 1.46. The van der Waals surface area contributed by atoms with Gasteiger partial charge in [-0.25, -0.2) is 0 Å². The van der Waals surface area contributed by atoms with Gasteiger partial charge in [0.05, 0.1) is 12.0 Å². The van der Waals surface area contributed by atoms with E-state index in [1.165, 1.54) is 0 Å². The van der Waals surface area contributed by atoms with Crippen LogP contribution in [0.5, 0.6) is 0 Å². The highest BCUT2D eigenvalue weighted by molar-refractivity contribution is 5.99. The molecule has 0 aliphatic carbocycles. The number of aryl methyl sites for hydroxylation is 1. The van der Waals surface area contributed by atoms with Crippen LogP contribution >= 0.6 is 0 Å². The summed E-state index contributed by atoms with van der Waals surface area (Å²) in [6, 6.07) is 7.57. The number of hydrogen-bond acceptors (Lipinski definition) is 6. The first kappa shape index (κ1) is 21.0. The molecule has 1 saturated heterocycles. The number of hydrogen-bond donors (Lipinski definition) is 1. The second-order valence-electron chi connectivity index (χ2n) is 8.29. The van der Waals surface area contributed by atoms with Crippen LogP contribution in [-0.2, 0) is 22.6 Å². The first-order chi connectivity index (χ1) is 14.9. The molecule has 0 spiro atoms. The van der Waals surface area contributed by atoms with Gasteiger partial charge in [0.1, 0.15) is 0 Å². The normalized spacial score (nSPS) is 17.5. The highest BCUT2D eigenvalue weighted by atomic mass is 16.5. The second kappa shape index (κ2) is 8.49. The third-order valence-electron chi connectivity index (χ3n) is 6.25. The summed E-state index contributed by atoms with van der Waals surface area (Å²) in [5.41, 5.74) is 1.06. The van der Waals surface area contributed by atoms with Gasteiger partial charge in [-0.05, 0) is 31.4 Å². The highest BCUT2D eigenvalue weighted by Gasteiger charge is 2.47. The molecule has 0 bridgehead atoms. The third kappa shape index (κ3) is 4.30. The van der Waals surface area contributed by atoms with Crippen molar-refractivity contribution in [3.63, 3.8) is 0 Å². The van der Waals surface area contributed by atoms with Gasteiger partial charge >= 0.3 is 0 Å². The standard InChI is InChI=1S/C22H27N5O4/c1-15-24-20(31-25-15)7-10-23-19(29)13-22(8-11-26(12-9-22)16(2)28)27-14-17-5-3-4-6-18(17)21(27)30/h3-6H,7-14H2,1-2H3,(H,23,29). The maximum absolute atomic E-state index is 13.2. The number of likely N-dealkylation sites (tertiary alicyclic amines) is 1. The van der Waals surface area contributed by atoms with Crippen molar-refractivity contribution in [2.75, 3.05) is 19.6 Å². The Labute approximate surface area is 180 Å². The summed E-state index contributed by atoms with van der Waals surface area (Å²) in [6.45, 7) is 5.23. The molecule has 1 N–H and O–H groups in total. The molecular weight excluding hydrogens is 398 g/mol. The zero-order chi connectivity index (χ0) is 22.0. The van der Waals surface area contributed by atoms with Gasteiger partial charge in [-0.15, -0.1) is 0 Å². The topological polar surface area (TPSA) is 109 Å². The van der Waals surface area contributed by atoms with E-state index >= 15 is 0 Å². The molecule has 1 aromatic carbocycles. The first-order valence-corrected chi connectivity index (χ1v) is 10.6. The lowest BCUT2D eigenvalue weighted by Gasteiger charge is -2.47. The molecule has 2 aliphatic heterocycles. The van der Waals surface area contributed by atoms with Crippen molar-refractivity contribution in [3.8, 4) is 0 Å². The van der Waals surface area contributed by atoms with E-state index in [1.54, 1.807) is 18.7 Å². The quantitative estimate of drug-likeness (QED) is 0.751. The summed E-state index contributed by atoms with van der Waals surface area (Å²) in [7, 11) is 0.